The minimum atomic E-state index is -0.0393. The van der Waals surface area contributed by atoms with Gasteiger partial charge in [-0.1, -0.05) is 31.7 Å². The number of fused-ring (bicyclic) bond motifs is 6. The maximum atomic E-state index is 10.2. The largest absolute Gasteiger partial charge is 0.497 e. The topological polar surface area (TPSA) is 60.5 Å². The quantitative estimate of drug-likeness (QED) is 0.320. The Morgan fingerprint density at radius 2 is 1.84 bits per heavy atom. The Hall–Kier alpha value is -3.99. The number of benzene rings is 3. The molecular formula is C31H33N3O4. The molecule has 1 aromatic heterocycles. The van der Waals surface area contributed by atoms with Crippen molar-refractivity contribution < 1.29 is 19.3 Å². The maximum Gasteiger partial charge on any atom is 0.187 e. The van der Waals surface area contributed by atoms with Crippen LogP contribution in [0.3, 0.4) is 0 Å². The molecule has 0 aliphatic carbocycles. The number of hydrogen-bond donors (Lipinski definition) is 1. The van der Waals surface area contributed by atoms with Crippen LogP contribution in [0, 0.1) is 6.57 Å². The second-order valence-corrected chi connectivity index (χ2v) is 9.59. The second kappa shape index (κ2) is 10.4. The van der Waals surface area contributed by atoms with Gasteiger partial charge in [-0.05, 0) is 65.4 Å². The Bertz CT molecular complexity index is 1520. The van der Waals surface area contributed by atoms with Crippen LogP contribution in [0.15, 0.2) is 54.6 Å². The zero-order valence-electron chi connectivity index (χ0n) is 21.0. The summed E-state index contributed by atoms with van der Waals surface area (Å²) in [5, 5.41) is 11.3. The van der Waals surface area contributed by atoms with Crippen molar-refractivity contribution in [2.24, 2.45) is 0 Å². The van der Waals surface area contributed by atoms with Gasteiger partial charge in [-0.25, -0.2) is 4.85 Å². The van der Waals surface area contributed by atoms with Gasteiger partial charge in [0, 0.05) is 30.2 Å². The summed E-state index contributed by atoms with van der Waals surface area (Å²) in [6.07, 6.45) is 1.78. The highest BCUT2D eigenvalue weighted by atomic mass is 16.5. The summed E-state index contributed by atoms with van der Waals surface area (Å²) in [7, 11) is 3.37. The standard InChI is InChI=1S/C30H29N3O4.CH4/c1-31-21-6-4-19(5-7-21)17-37-30-12-20-10-11-32-16-28-25(14-27(32)23(20)15-29(30)36-3)24-13-22(35-2)8-9-26(24)33(28)18-34;/h4-9,12-13,15,27,34H,10-11,14,16-18H2,2-3H3;1H4. The van der Waals surface area contributed by atoms with Gasteiger partial charge in [-0.2, -0.15) is 0 Å². The van der Waals surface area contributed by atoms with Crippen molar-refractivity contribution >= 4 is 16.6 Å². The predicted molar refractivity (Wildman–Crippen MR) is 148 cm³/mol. The molecule has 0 amide bonds. The molecule has 0 saturated heterocycles. The number of hydrogen-bond acceptors (Lipinski definition) is 5. The lowest BCUT2D eigenvalue weighted by atomic mass is 9.85. The fourth-order valence-electron chi connectivity index (χ4n) is 5.83. The molecule has 38 heavy (non-hydrogen) atoms. The van der Waals surface area contributed by atoms with E-state index in [1.54, 1.807) is 14.2 Å². The Morgan fingerprint density at radius 1 is 1.03 bits per heavy atom. The molecule has 0 radical (unpaired) electrons. The molecule has 0 spiro atoms. The molecule has 2 aliphatic rings. The van der Waals surface area contributed by atoms with Gasteiger partial charge < -0.3 is 23.9 Å². The smallest absolute Gasteiger partial charge is 0.187 e. The van der Waals surface area contributed by atoms with Crippen molar-refractivity contribution in [2.75, 3.05) is 20.8 Å². The molecule has 1 N–H and O–H groups in total. The van der Waals surface area contributed by atoms with Crippen LogP contribution in [0.4, 0.5) is 5.69 Å². The SMILES string of the molecule is C.[C-]#[N+]c1ccc(COc2cc3c(cc2OC)C2Cc4c(n(CO)c5ccc(OC)cc45)CN2CC3)cc1. The molecule has 1 atom stereocenters. The van der Waals surface area contributed by atoms with Crippen LogP contribution in [-0.4, -0.2) is 35.3 Å². The second-order valence-electron chi connectivity index (χ2n) is 9.59. The molecule has 1 unspecified atom stereocenters. The molecule has 0 fully saturated rings. The summed E-state index contributed by atoms with van der Waals surface area (Å²) in [5.41, 5.74) is 7.69. The molecule has 6 rings (SSSR count). The van der Waals surface area contributed by atoms with E-state index in [2.05, 4.69) is 27.9 Å². The normalized spacial score (nSPS) is 16.0. The summed E-state index contributed by atoms with van der Waals surface area (Å²) < 4.78 is 19.5. The van der Waals surface area contributed by atoms with Gasteiger partial charge in [0.25, 0.3) is 0 Å². The zero-order valence-corrected chi connectivity index (χ0v) is 21.0. The third-order valence-electron chi connectivity index (χ3n) is 7.74. The maximum absolute atomic E-state index is 10.2. The third-order valence-corrected chi connectivity index (χ3v) is 7.74. The molecule has 196 valence electrons. The molecule has 7 nitrogen and oxygen atoms in total. The predicted octanol–water partition coefficient (Wildman–Crippen LogP) is 6.03. The van der Waals surface area contributed by atoms with E-state index in [9.17, 15) is 5.11 Å². The average molecular weight is 512 g/mol. The van der Waals surface area contributed by atoms with Crippen LogP contribution < -0.4 is 14.2 Å². The highest BCUT2D eigenvalue weighted by Gasteiger charge is 2.36. The lowest BCUT2D eigenvalue weighted by Crippen LogP contribution is -2.39. The van der Waals surface area contributed by atoms with E-state index >= 15 is 0 Å². The Labute approximate surface area is 223 Å². The molecule has 0 bridgehead atoms. The van der Waals surface area contributed by atoms with E-state index in [1.165, 1.54) is 22.4 Å². The average Bonchev–Trinajstić information content (AvgIpc) is 3.26. The van der Waals surface area contributed by atoms with Crippen molar-refractivity contribution in [1.82, 2.24) is 9.47 Å². The molecule has 2 aliphatic heterocycles. The van der Waals surface area contributed by atoms with E-state index in [1.807, 2.05) is 41.0 Å². The van der Waals surface area contributed by atoms with Crippen LogP contribution in [0.2, 0.25) is 0 Å². The Kier molecular flexibility index (Phi) is 7.02. The van der Waals surface area contributed by atoms with Gasteiger partial charge in [0.2, 0.25) is 0 Å². The summed E-state index contributed by atoms with van der Waals surface area (Å²) in [6.45, 7) is 9.23. The first kappa shape index (κ1) is 25.7. The Balaban J connectivity index is 0.00000294. The minimum Gasteiger partial charge on any atom is -0.497 e. The van der Waals surface area contributed by atoms with Gasteiger partial charge in [-0.3, -0.25) is 4.90 Å². The van der Waals surface area contributed by atoms with Crippen LogP contribution in [-0.2, 0) is 32.7 Å². The molecule has 7 heteroatoms. The van der Waals surface area contributed by atoms with E-state index in [0.717, 1.165) is 59.6 Å². The summed E-state index contributed by atoms with van der Waals surface area (Å²) in [6, 6.07) is 18.0. The summed E-state index contributed by atoms with van der Waals surface area (Å²) in [4.78, 5) is 5.96. The van der Waals surface area contributed by atoms with Crippen molar-refractivity contribution in [3.05, 3.63) is 94.0 Å². The zero-order chi connectivity index (χ0) is 25.5. The van der Waals surface area contributed by atoms with E-state index in [-0.39, 0.29) is 20.2 Å². The molecule has 3 heterocycles. The van der Waals surface area contributed by atoms with E-state index < -0.39 is 0 Å². The molecular weight excluding hydrogens is 478 g/mol. The van der Waals surface area contributed by atoms with Crippen molar-refractivity contribution in [3.63, 3.8) is 0 Å². The number of ether oxygens (including phenoxy) is 3. The van der Waals surface area contributed by atoms with Gasteiger partial charge in [-0.15, -0.1) is 0 Å². The number of aromatic nitrogens is 1. The third kappa shape index (κ3) is 4.26. The summed E-state index contributed by atoms with van der Waals surface area (Å²) in [5.74, 6) is 2.29. The van der Waals surface area contributed by atoms with Crippen molar-refractivity contribution in [2.45, 2.75) is 46.2 Å². The first-order chi connectivity index (χ1) is 18.1. The van der Waals surface area contributed by atoms with Gasteiger partial charge in [0.15, 0.2) is 17.2 Å². The lowest BCUT2D eigenvalue weighted by Gasteiger charge is -2.41. The fraction of sp³-hybridized carbons (Fsp3) is 0.323. The number of nitrogens with zero attached hydrogens (tertiary/aromatic N) is 3. The van der Waals surface area contributed by atoms with Crippen molar-refractivity contribution in [3.8, 4) is 17.2 Å². The van der Waals surface area contributed by atoms with Gasteiger partial charge in [0.1, 0.15) is 19.1 Å². The van der Waals surface area contributed by atoms with Crippen LogP contribution >= 0.6 is 0 Å². The van der Waals surface area contributed by atoms with Gasteiger partial charge >= 0.3 is 0 Å². The highest BCUT2D eigenvalue weighted by molar-refractivity contribution is 5.87. The number of aliphatic hydroxyl groups excluding tert-OH is 1. The first-order valence-electron chi connectivity index (χ1n) is 12.5. The summed E-state index contributed by atoms with van der Waals surface area (Å²) >= 11 is 0. The molecule has 3 aromatic carbocycles. The minimum absolute atomic E-state index is 0. The van der Waals surface area contributed by atoms with Crippen molar-refractivity contribution in [1.29, 1.82) is 0 Å². The van der Waals surface area contributed by atoms with Crippen LogP contribution in [0.25, 0.3) is 15.7 Å². The highest BCUT2D eigenvalue weighted by Crippen LogP contribution is 2.45. The monoisotopic (exact) mass is 511 g/mol. The van der Waals surface area contributed by atoms with Crippen LogP contribution in [0.5, 0.6) is 17.2 Å². The van der Waals surface area contributed by atoms with Gasteiger partial charge in [0.05, 0.1) is 26.3 Å². The Morgan fingerprint density at radius 3 is 2.55 bits per heavy atom. The fourth-order valence-corrected chi connectivity index (χ4v) is 5.83. The molecule has 0 saturated carbocycles. The van der Waals surface area contributed by atoms with E-state index in [4.69, 9.17) is 20.8 Å². The lowest BCUT2D eigenvalue weighted by molar-refractivity contribution is 0.145. The van der Waals surface area contributed by atoms with Crippen LogP contribution in [0.1, 0.15) is 41.4 Å². The number of aliphatic hydroxyl groups is 1. The number of rotatable bonds is 6. The first-order valence-corrected chi connectivity index (χ1v) is 12.5. The van der Waals surface area contributed by atoms with E-state index in [0.29, 0.717) is 12.3 Å². The molecule has 4 aromatic rings. The number of methoxy groups -OCH3 is 2.